The van der Waals surface area contributed by atoms with Crippen molar-refractivity contribution < 1.29 is 9.84 Å². The molecule has 106 valence electrons. The quantitative estimate of drug-likeness (QED) is 0.565. The van der Waals surface area contributed by atoms with Gasteiger partial charge in [0.2, 0.25) is 5.13 Å². The minimum absolute atomic E-state index is 0.0801. The molecule has 1 aromatic heterocycles. The number of aromatic nitrogens is 1. The summed E-state index contributed by atoms with van der Waals surface area (Å²) in [6.45, 7) is 2.33. The summed E-state index contributed by atoms with van der Waals surface area (Å²) >= 11 is 4.72. The number of anilines is 2. The first-order valence-electron chi connectivity index (χ1n) is 5.75. The molecule has 0 aliphatic carbocycles. The summed E-state index contributed by atoms with van der Waals surface area (Å²) in [6.07, 6.45) is 1.60. The van der Waals surface area contributed by atoms with E-state index in [0.29, 0.717) is 27.8 Å². The zero-order chi connectivity index (χ0) is 14.5. The van der Waals surface area contributed by atoms with Crippen LogP contribution in [-0.2, 0) is 0 Å². The van der Waals surface area contributed by atoms with Crippen molar-refractivity contribution in [3.05, 3.63) is 27.5 Å². The molecule has 2 aromatic rings. The van der Waals surface area contributed by atoms with Gasteiger partial charge in [-0.25, -0.2) is 4.98 Å². The Hall–Kier alpha value is -1.80. The fourth-order valence-corrected chi connectivity index (χ4v) is 2.41. The molecule has 0 aliphatic rings. The Labute approximate surface area is 128 Å². The number of nitrogens with one attached hydrogen (secondary N) is 1. The summed E-state index contributed by atoms with van der Waals surface area (Å²) in [5.41, 5.74) is 9.06. The van der Waals surface area contributed by atoms with Gasteiger partial charge >= 0.3 is 0 Å². The van der Waals surface area contributed by atoms with Crippen LogP contribution in [0.1, 0.15) is 12.5 Å². The molecule has 0 saturated carbocycles. The maximum Gasteiger partial charge on any atom is 0.205 e. The summed E-state index contributed by atoms with van der Waals surface area (Å²) in [5, 5.41) is 16.1. The lowest BCUT2D eigenvalue weighted by atomic mass is 10.2. The largest absolute Gasteiger partial charge is 0.504 e. The highest BCUT2D eigenvalue weighted by molar-refractivity contribution is 9.10. The number of benzene rings is 1. The maximum atomic E-state index is 9.72. The first kappa shape index (κ1) is 14.6. The van der Waals surface area contributed by atoms with Crippen LogP contribution < -0.4 is 15.9 Å². The highest BCUT2D eigenvalue weighted by Crippen LogP contribution is 2.31. The van der Waals surface area contributed by atoms with Crippen LogP contribution in [0, 0.1) is 0 Å². The molecule has 0 bridgehead atoms. The number of hydrazone groups is 1. The van der Waals surface area contributed by atoms with E-state index in [9.17, 15) is 5.11 Å². The lowest BCUT2D eigenvalue weighted by Crippen LogP contribution is -1.95. The first-order chi connectivity index (χ1) is 9.60. The van der Waals surface area contributed by atoms with Crippen molar-refractivity contribution in [1.29, 1.82) is 0 Å². The second-order valence-corrected chi connectivity index (χ2v) is 5.43. The third-order valence-electron chi connectivity index (χ3n) is 2.26. The average molecular weight is 357 g/mol. The van der Waals surface area contributed by atoms with Crippen LogP contribution in [0.2, 0.25) is 0 Å². The van der Waals surface area contributed by atoms with Crippen LogP contribution in [0.4, 0.5) is 10.9 Å². The van der Waals surface area contributed by atoms with Crippen molar-refractivity contribution in [2.45, 2.75) is 6.92 Å². The Morgan fingerprint density at radius 1 is 1.60 bits per heavy atom. The van der Waals surface area contributed by atoms with E-state index in [1.807, 2.05) is 6.92 Å². The molecule has 0 unspecified atom stereocenters. The van der Waals surface area contributed by atoms with E-state index in [1.165, 1.54) is 11.3 Å². The van der Waals surface area contributed by atoms with Gasteiger partial charge in [-0.15, -0.1) is 11.3 Å². The summed E-state index contributed by atoms with van der Waals surface area (Å²) in [5.74, 6) is 0.948. The van der Waals surface area contributed by atoms with E-state index < -0.39 is 0 Å². The third kappa shape index (κ3) is 3.61. The maximum absolute atomic E-state index is 9.72. The number of ether oxygens (including phenoxy) is 1. The molecule has 2 rings (SSSR count). The van der Waals surface area contributed by atoms with Crippen molar-refractivity contribution in [2.75, 3.05) is 17.8 Å². The highest BCUT2D eigenvalue weighted by atomic mass is 79.9. The summed E-state index contributed by atoms with van der Waals surface area (Å²) in [6, 6.07) is 3.26. The van der Waals surface area contributed by atoms with Gasteiger partial charge in [-0.2, -0.15) is 5.10 Å². The summed E-state index contributed by atoms with van der Waals surface area (Å²) in [4.78, 5) is 4.02. The summed E-state index contributed by atoms with van der Waals surface area (Å²) < 4.78 is 6.03. The van der Waals surface area contributed by atoms with E-state index in [-0.39, 0.29) is 5.75 Å². The average Bonchev–Trinajstić information content (AvgIpc) is 2.81. The second-order valence-electron chi connectivity index (χ2n) is 3.72. The second kappa shape index (κ2) is 6.58. The van der Waals surface area contributed by atoms with E-state index in [2.05, 4.69) is 31.4 Å². The van der Waals surface area contributed by atoms with Crippen LogP contribution in [0.5, 0.6) is 11.5 Å². The number of thiazole rings is 1. The molecule has 1 aromatic carbocycles. The number of nitrogens with zero attached hydrogens (tertiary/aromatic N) is 2. The molecular weight excluding hydrogens is 344 g/mol. The fraction of sp³-hybridized carbons (Fsp3) is 0.167. The number of hydrogen-bond acceptors (Lipinski definition) is 7. The topological polar surface area (TPSA) is 92.8 Å². The van der Waals surface area contributed by atoms with E-state index in [0.717, 1.165) is 5.56 Å². The van der Waals surface area contributed by atoms with Crippen molar-refractivity contribution in [3.63, 3.8) is 0 Å². The number of hydrogen-bond donors (Lipinski definition) is 3. The lowest BCUT2D eigenvalue weighted by molar-refractivity contribution is 0.318. The predicted molar refractivity (Wildman–Crippen MR) is 84.7 cm³/mol. The Morgan fingerprint density at radius 2 is 2.40 bits per heavy atom. The molecule has 0 radical (unpaired) electrons. The molecule has 0 fully saturated rings. The molecule has 6 nitrogen and oxygen atoms in total. The lowest BCUT2D eigenvalue weighted by Gasteiger charge is -2.08. The van der Waals surface area contributed by atoms with Gasteiger partial charge in [0, 0.05) is 15.4 Å². The molecule has 8 heteroatoms. The van der Waals surface area contributed by atoms with Crippen LogP contribution in [0.25, 0.3) is 0 Å². The summed E-state index contributed by atoms with van der Waals surface area (Å²) in [7, 11) is 0. The fourth-order valence-electron chi connectivity index (χ4n) is 1.42. The van der Waals surface area contributed by atoms with Gasteiger partial charge in [0.1, 0.15) is 5.82 Å². The van der Waals surface area contributed by atoms with Gasteiger partial charge in [-0.3, -0.25) is 5.43 Å². The number of phenolic OH excluding ortho intramolecular Hbond substituents is 1. The van der Waals surface area contributed by atoms with Crippen LogP contribution in [0.3, 0.4) is 0 Å². The minimum atomic E-state index is 0.0801. The SMILES string of the molecule is CCOc1cc(C=NNc2nc(N)cs2)c(Br)cc1O. The Morgan fingerprint density at radius 3 is 3.05 bits per heavy atom. The van der Waals surface area contributed by atoms with Crippen LogP contribution in [-0.4, -0.2) is 22.9 Å². The normalized spacial score (nSPS) is 10.9. The standard InChI is InChI=1S/C12H13BrN4O2S/c1-2-19-10-3-7(8(13)4-9(10)18)5-15-17-12-16-11(14)6-20-12/h3-6,18H,2,14H2,1H3,(H,16,17). The molecule has 0 aliphatic heterocycles. The zero-order valence-electron chi connectivity index (χ0n) is 10.6. The number of phenols is 1. The molecular formula is C12H13BrN4O2S. The van der Waals surface area contributed by atoms with E-state index in [1.54, 1.807) is 23.7 Å². The molecule has 0 amide bonds. The van der Waals surface area contributed by atoms with Gasteiger partial charge in [0.15, 0.2) is 11.5 Å². The Bertz CT molecular complexity index is 630. The zero-order valence-corrected chi connectivity index (χ0v) is 13.0. The van der Waals surface area contributed by atoms with E-state index >= 15 is 0 Å². The number of rotatable bonds is 5. The van der Waals surface area contributed by atoms with Crippen molar-refractivity contribution in [3.8, 4) is 11.5 Å². The molecule has 0 atom stereocenters. The number of halogens is 1. The third-order valence-corrected chi connectivity index (χ3v) is 3.72. The monoisotopic (exact) mass is 356 g/mol. The van der Waals surface area contributed by atoms with Gasteiger partial charge < -0.3 is 15.6 Å². The minimum Gasteiger partial charge on any atom is -0.504 e. The van der Waals surface area contributed by atoms with Crippen LogP contribution >= 0.6 is 27.3 Å². The van der Waals surface area contributed by atoms with Gasteiger partial charge in [-0.1, -0.05) is 0 Å². The molecule has 4 N–H and O–H groups in total. The molecule has 1 heterocycles. The first-order valence-corrected chi connectivity index (χ1v) is 7.42. The van der Waals surface area contributed by atoms with Crippen molar-refractivity contribution in [2.24, 2.45) is 5.10 Å². The number of nitrogens with two attached hydrogens (primary N) is 1. The van der Waals surface area contributed by atoms with Crippen molar-refractivity contribution in [1.82, 2.24) is 4.98 Å². The van der Waals surface area contributed by atoms with E-state index in [4.69, 9.17) is 10.5 Å². The van der Waals surface area contributed by atoms with Gasteiger partial charge in [0.25, 0.3) is 0 Å². The van der Waals surface area contributed by atoms with Crippen molar-refractivity contribution >= 4 is 44.4 Å². The predicted octanol–water partition coefficient (Wildman–Crippen LogP) is 3.04. The highest BCUT2D eigenvalue weighted by Gasteiger charge is 2.07. The van der Waals surface area contributed by atoms with Crippen LogP contribution in [0.15, 0.2) is 27.1 Å². The number of nitrogen functional groups attached to an aromatic ring is 1. The molecule has 0 saturated heterocycles. The Balaban J connectivity index is 2.13. The Kier molecular flexibility index (Phi) is 4.80. The molecule has 20 heavy (non-hydrogen) atoms. The number of aromatic hydroxyl groups is 1. The molecule has 0 spiro atoms. The van der Waals surface area contributed by atoms with Gasteiger partial charge in [0.05, 0.1) is 12.8 Å². The van der Waals surface area contributed by atoms with Gasteiger partial charge in [-0.05, 0) is 35.0 Å². The smallest absolute Gasteiger partial charge is 0.205 e.